The normalized spacial score (nSPS) is 3.79. The van der Waals surface area contributed by atoms with E-state index in [-0.39, 0.29) is 73.2 Å². The fraction of sp³-hybridized carbons (Fsp3) is 0. The third-order valence-electron chi connectivity index (χ3n) is 0. The van der Waals surface area contributed by atoms with Crippen molar-refractivity contribution in [1.82, 2.24) is 0 Å². The van der Waals surface area contributed by atoms with Gasteiger partial charge in [-0.2, -0.15) is 0 Å². The van der Waals surface area contributed by atoms with Crippen molar-refractivity contribution in [3.63, 3.8) is 0 Å². The molecule has 0 rings (SSSR count). The molecule has 18 nitrogen and oxygen atoms in total. The minimum atomic E-state index is -1.75. The van der Waals surface area contributed by atoms with Crippen molar-refractivity contribution >= 4 is 0 Å². The molecule has 0 atom stereocenters. The predicted octanol–water partition coefficient (Wildman–Crippen LogP) is -5.67. The molecule has 0 amide bonds. The summed E-state index contributed by atoms with van der Waals surface area (Å²) in [6.45, 7) is 0. The summed E-state index contributed by atoms with van der Waals surface area (Å²) in [6, 6.07) is 0. The molecule has 0 spiro atoms. The summed E-state index contributed by atoms with van der Waals surface area (Å²) in [5.41, 5.74) is 0. The molecule has 0 fully saturated rings. The first-order chi connectivity index (χ1) is 5.20. The van der Waals surface area contributed by atoms with E-state index in [0.717, 1.165) is 0 Å². The topological polar surface area (TPSA) is 388 Å². The maximum absolute atomic E-state index is 8.25. The molecule has 0 unspecified atom stereocenters. The Morgan fingerprint density at radius 1 is 0.421 bits per heavy atom. The zero-order chi connectivity index (χ0) is 10.7. The van der Waals surface area contributed by atoms with Crippen LogP contribution in [0.2, 0.25) is 0 Å². The second-order valence-electron chi connectivity index (χ2n) is 0.671. The summed E-state index contributed by atoms with van der Waals surface area (Å²) < 4.78 is 0. The molecule has 0 aromatic carbocycles. The Morgan fingerprint density at radius 2 is 0.421 bits per heavy atom. The molecule has 0 aromatic rings. The van der Waals surface area contributed by atoms with E-state index < -0.39 is 15.3 Å². The van der Waals surface area contributed by atoms with Crippen LogP contribution in [-0.2, 0) is 0 Å². The van der Waals surface area contributed by atoms with Crippen LogP contribution in [0.3, 0.4) is 0 Å². The molecule has 19 heavy (non-hydrogen) atoms. The monoisotopic (exact) mass is 439 g/mol. The van der Waals surface area contributed by atoms with Crippen LogP contribution in [0.5, 0.6) is 0 Å². The minimum Gasteiger partial charge on any atom is -0.412 e. The first-order valence-corrected chi connectivity index (χ1v) is 1.64. The molecule has 0 saturated heterocycles. The van der Waals surface area contributed by atoms with Crippen LogP contribution in [0, 0.1) is 86.4 Å². The van der Waals surface area contributed by atoms with Crippen molar-refractivity contribution in [3.8, 4) is 0 Å². The molecule has 12 N–H and O–H groups in total. The van der Waals surface area contributed by atoms with Crippen molar-refractivity contribution < 1.29 is 88.5 Å². The van der Waals surface area contributed by atoms with E-state index in [9.17, 15) is 0 Å². The Kier molecular flexibility index (Phi) is 304. The van der Waals surface area contributed by atoms with Crippen LogP contribution in [0.4, 0.5) is 0 Å². The van der Waals surface area contributed by atoms with Crippen LogP contribution in [0.15, 0.2) is 0 Å². The number of nitrogens with zero attached hydrogens (tertiary/aromatic N) is 3. The summed E-state index contributed by atoms with van der Waals surface area (Å²) >= 11 is 0. The molecule has 0 bridgehead atoms. The van der Waals surface area contributed by atoms with Crippen LogP contribution >= 0.6 is 0 Å². The van der Waals surface area contributed by atoms with E-state index in [1.807, 2.05) is 0 Å². The van der Waals surface area contributed by atoms with Crippen LogP contribution in [0.1, 0.15) is 0 Å². The van der Waals surface area contributed by atoms with Gasteiger partial charge in [0.25, 0.3) is 0 Å². The van der Waals surface area contributed by atoms with Crippen LogP contribution in [-0.4, -0.2) is 48.1 Å². The van der Waals surface area contributed by atoms with Gasteiger partial charge in [-0.15, -0.1) is 0 Å². The van der Waals surface area contributed by atoms with E-state index in [1.54, 1.807) is 0 Å². The van der Waals surface area contributed by atoms with Crippen molar-refractivity contribution in [2.45, 2.75) is 0 Å². The molecule has 19 heteroatoms. The first kappa shape index (κ1) is 83.3. The molecule has 0 heterocycles. The summed E-state index contributed by atoms with van der Waals surface area (Å²) in [5, 5.41) is 44.2. The minimum absolute atomic E-state index is 0. The molecule has 0 aliphatic carbocycles. The van der Waals surface area contributed by atoms with Gasteiger partial charge in [-0.3, -0.25) is 0 Å². The fourth-order valence-electron chi connectivity index (χ4n) is 0. The van der Waals surface area contributed by atoms with Crippen molar-refractivity contribution in [2.75, 3.05) is 0 Å². The van der Waals surface area contributed by atoms with E-state index in [4.69, 9.17) is 46.0 Å². The zero-order valence-corrected chi connectivity index (χ0v) is 11.3. The van der Waals surface area contributed by atoms with Gasteiger partial charge < -0.3 is 78.8 Å². The second kappa shape index (κ2) is 69.4. The molecule has 0 saturated carbocycles. The van der Waals surface area contributed by atoms with Crippen LogP contribution in [0.25, 0.3) is 0 Å². The Balaban J connectivity index is -0.00000000675. The Hall–Kier alpha value is -1.30. The third kappa shape index (κ3) is 2130. The van der Waals surface area contributed by atoms with Gasteiger partial charge in [-0.25, -0.2) is 0 Å². The molecule has 125 valence electrons. The van der Waals surface area contributed by atoms with Crippen LogP contribution < -0.4 is 0 Å². The predicted molar refractivity (Wildman–Crippen MR) is 52.8 cm³/mol. The smallest absolute Gasteiger partial charge is 0.0689 e. The maximum atomic E-state index is 8.25. The number of hydrogen-bond donors (Lipinski definition) is 0. The Morgan fingerprint density at radius 3 is 0.421 bits per heavy atom. The van der Waals surface area contributed by atoms with E-state index in [2.05, 4.69) is 0 Å². The van der Waals surface area contributed by atoms with E-state index in [1.165, 1.54) is 0 Å². The zero-order valence-electron chi connectivity index (χ0n) is 8.46. The first-order valence-electron chi connectivity index (χ1n) is 1.64. The van der Waals surface area contributed by atoms with Gasteiger partial charge in [0.2, 0.25) is 0 Å². The summed E-state index contributed by atoms with van der Waals surface area (Å²) in [4.78, 5) is 24.8. The SMILES string of the molecule is O.O.O.O.O.O.O=[N+]([O-])[O-].O=[N+]([O-])[O-].O=[N+]([O-])[O-].[Pm]. The summed E-state index contributed by atoms with van der Waals surface area (Å²) in [5.74, 6) is 0. The van der Waals surface area contributed by atoms with Crippen molar-refractivity contribution in [2.24, 2.45) is 0 Å². The summed E-state index contributed by atoms with van der Waals surface area (Å²) in [7, 11) is 0. The van der Waals surface area contributed by atoms with E-state index >= 15 is 0 Å². The van der Waals surface area contributed by atoms with Gasteiger partial charge >= 0.3 is 0 Å². The van der Waals surface area contributed by atoms with E-state index in [0.29, 0.717) is 0 Å². The van der Waals surface area contributed by atoms with Crippen molar-refractivity contribution in [3.05, 3.63) is 46.0 Å². The van der Waals surface area contributed by atoms with Gasteiger partial charge in [-0.05, 0) is 0 Å². The molecular weight excluding hydrogens is 427 g/mol. The third-order valence-corrected chi connectivity index (χ3v) is 0. The standard InChI is InChI=1S/3NO3.6H2O.Pm/c3*2-1(3)4;;;;;;;/h;;;6*1H2;/q3*-1;;;;;;;. The average Bonchev–Trinajstić information content (AvgIpc) is 1.54. The molecule has 0 aromatic heterocycles. The van der Waals surface area contributed by atoms with Gasteiger partial charge in [0.15, 0.2) is 0 Å². The van der Waals surface area contributed by atoms with Gasteiger partial charge in [-0.1, -0.05) is 0 Å². The summed E-state index contributed by atoms with van der Waals surface area (Å²) in [6.07, 6.45) is 0. The number of hydrogen-bond acceptors (Lipinski definition) is 9. The molecule has 1 radical (unpaired) electrons. The fourth-order valence-corrected chi connectivity index (χ4v) is 0. The average molecular weight is 439 g/mol. The van der Waals surface area contributed by atoms with Gasteiger partial charge in [0.1, 0.15) is 0 Å². The van der Waals surface area contributed by atoms with Gasteiger partial charge in [0, 0.05) is 40.4 Å². The number of rotatable bonds is 0. The molecular formula is H12N3O15Pm-3. The Bertz CT molecular complexity index is 115. The Labute approximate surface area is 134 Å². The molecule has 0 aliphatic heterocycles. The van der Waals surface area contributed by atoms with Gasteiger partial charge in [0.05, 0.1) is 15.3 Å². The largest absolute Gasteiger partial charge is 0.412 e. The second-order valence-corrected chi connectivity index (χ2v) is 0.671. The maximum Gasteiger partial charge on any atom is 0.0689 e. The molecule has 0 aliphatic rings. The van der Waals surface area contributed by atoms with Crippen molar-refractivity contribution in [1.29, 1.82) is 0 Å². The quantitative estimate of drug-likeness (QED) is 0.256.